The Labute approximate surface area is 190 Å². The fourth-order valence-corrected chi connectivity index (χ4v) is 4.10. The van der Waals surface area contributed by atoms with Gasteiger partial charge in [-0.05, 0) is 74.0 Å². The third-order valence-corrected chi connectivity index (χ3v) is 6.42. The quantitative estimate of drug-likeness (QED) is 0.434. The van der Waals surface area contributed by atoms with Crippen molar-refractivity contribution in [3.63, 3.8) is 0 Å². The maximum atomic E-state index is 12.6. The molecule has 0 aliphatic carbocycles. The molecule has 6 nitrogen and oxygen atoms in total. The summed E-state index contributed by atoms with van der Waals surface area (Å²) in [6.45, 7) is 3.84. The molecule has 3 aromatic carbocycles. The van der Waals surface area contributed by atoms with Crippen molar-refractivity contribution >= 4 is 43.2 Å². The fraction of sp³-hybridized carbons (Fsp3) is 0.174. The average Bonchev–Trinajstić information content (AvgIpc) is 2.75. The van der Waals surface area contributed by atoms with Crippen molar-refractivity contribution in [2.45, 2.75) is 31.3 Å². The standard InChI is InChI=1S/C23H23BrN2O4S/c1-3-22(30-20-12-4-16(2)5-13-20)23(27)25-18-10-14-21(15-11-18)31(28,29)26-19-8-6-17(24)7-9-19/h4-15,22,26H,3H2,1-2H3,(H,25,27)/t22-/m0/s1. The molecule has 0 radical (unpaired) electrons. The minimum Gasteiger partial charge on any atom is -0.481 e. The first-order valence-electron chi connectivity index (χ1n) is 9.69. The number of halogens is 1. The smallest absolute Gasteiger partial charge is 0.265 e. The molecule has 2 N–H and O–H groups in total. The van der Waals surface area contributed by atoms with Gasteiger partial charge in [0.25, 0.3) is 15.9 Å². The van der Waals surface area contributed by atoms with E-state index in [1.165, 1.54) is 12.1 Å². The molecule has 0 aromatic heterocycles. The zero-order valence-electron chi connectivity index (χ0n) is 17.1. The molecule has 0 bridgehead atoms. The first-order valence-corrected chi connectivity index (χ1v) is 12.0. The summed E-state index contributed by atoms with van der Waals surface area (Å²) in [6, 6.07) is 20.3. The molecule has 0 spiro atoms. The number of anilines is 2. The lowest BCUT2D eigenvalue weighted by molar-refractivity contribution is -0.122. The first-order chi connectivity index (χ1) is 14.8. The van der Waals surface area contributed by atoms with Gasteiger partial charge >= 0.3 is 0 Å². The summed E-state index contributed by atoms with van der Waals surface area (Å²) in [5, 5.41) is 2.77. The van der Waals surface area contributed by atoms with Crippen molar-refractivity contribution in [2.24, 2.45) is 0 Å². The summed E-state index contributed by atoms with van der Waals surface area (Å²) < 4.78 is 34.3. The van der Waals surface area contributed by atoms with Crippen LogP contribution in [0.4, 0.5) is 11.4 Å². The van der Waals surface area contributed by atoms with Crippen LogP contribution < -0.4 is 14.8 Å². The van der Waals surface area contributed by atoms with Crippen LogP contribution in [0.25, 0.3) is 0 Å². The highest BCUT2D eigenvalue weighted by Crippen LogP contribution is 2.21. The summed E-state index contributed by atoms with van der Waals surface area (Å²) in [7, 11) is -3.74. The Kier molecular flexibility index (Phi) is 7.35. The maximum Gasteiger partial charge on any atom is 0.265 e. The normalized spacial score (nSPS) is 12.1. The topological polar surface area (TPSA) is 84.5 Å². The van der Waals surface area contributed by atoms with E-state index >= 15 is 0 Å². The lowest BCUT2D eigenvalue weighted by Gasteiger charge is -2.17. The van der Waals surface area contributed by atoms with Crippen LogP contribution in [0.2, 0.25) is 0 Å². The van der Waals surface area contributed by atoms with E-state index in [-0.39, 0.29) is 10.8 Å². The Morgan fingerprint density at radius 3 is 2.10 bits per heavy atom. The Morgan fingerprint density at radius 2 is 1.52 bits per heavy atom. The van der Waals surface area contributed by atoms with E-state index < -0.39 is 16.1 Å². The molecule has 162 valence electrons. The van der Waals surface area contributed by atoms with Crippen molar-refractivity contribution in [1.82, 2.24) is 0 Å². The summed E-state index contributed by atoms with van der Waals surface area (Å²) in [4.78, 5) is 12.7. The number of amides is 1. The minimum absolute atomic E-state index is 0.0939. The number of aryl methyl sites for hydroxylation is 1. The molecule has 0 saturated carbocycles. The predicted octanol–water partition coefficient (Wildman–Crippen LogP) is 5.35. The lowest BCUT2D eigenvalue weighted by atomic mass is 10.2. The minimum atomic E-state index is -3.74. The van der Waals surface area contributed by atoms with Crippen molar-refractivity contribution in [1.29, 1.82) is 0 Å². The highest BCUT2D eigenvalue weighted by molar-refractivity contribution is 9.10. The van der Waals surface area contributed by atoms with E-state index in [4.69, 9.17) is 4.74 Å². The van der Waals surface area contributed by atoms with Crippen LogP contribution in [0.1, 0.15) is 18.9 Å². The van der Waals surface area contributed by atoms with Gasteiger partial charge in [0.2, 0.25) is 0 Å². The molecule has 3 aromatic rings. The lowest BCUT2D eigenvalue weighted by Crippen LogP contribution is -2.32. The molecular weight excluding hydrogens is 480 g/mol. The Morgan fingerprint density at radius 1 is 0.935 bits per heavy atom. The van der Waals surface area contributed by atoms with Gasteiger partial charge in [-0.25, -0.2) is 8.42 Å². The molecule has 1 atom stereocenters. The largest absolute Gasteiger partial charge is 0.481 e. The van der Waals surface area contributed by atoms with Crippen molar-refractivity contribution in [3.8, 4) is 5.75 Å². The van der Waals surface area contributed by atoms with Gasteiger partial charge in [-0.15, -0.1) is 0 Å². The molecule has 8 heteroatoms. The zero-order chi connectivity index (χ0) is 22.4. The maximum absolute atomic E-state index is 12.6. The van der Waals surface area contributed by atoms with E-state index in [1.807, 2.05) is 38.1 Å². The van der Waals surface area contributed by atoms with Gasteiger partial charge in [0, 0.05) is 15.8 Å². The summed E-state index contributed by atoms with van der Waals surface area (Å²) >= 11 is 3.31. The van der Waals surface area contributed by atoms with Gasteiger partial charge in [-0.1, -0.05) is 40.5 Å². The number of hydrogen-bond donors (Lipinski definition) is 2. The SMILES string of the molecule is CC[C@H](Oc1ccc(C)cc1)C(=O)Nc1ccc(S(=O)(=O)Nc2ccc(Br)cc2)cc1. The van der Waals surface area contributed by atoms with Gasteiger partial charge in [0.05, 0.1) is 4.90 Å². The number of hydrogen-bond acceptors (Lipinski definition) is 4. The van der Waals surface area contributed by atoms with E-state index in [2.05, 4.69) is 26.0 Å². The molecule has 31 heavy (non-hydrogen) atoms. The molecule has 0 heterocycles. The van der Waals surface area contributed by atoms with Gasteiger partial charge < -0.3 is 10.1 Å². The molecular formula is C23H23BrN2O4S. The number of ether oxygens (including phenoxy) is 1. The number of nitrogens with one attached hydrogen (secondary N) is 2. The molecule has 1 amide bonds. The van der Waals surface area contributed by atoms with Gasteiger partial charge in [-0.2, -0.15) is 0 Å². The van der Waals surface area contributed by atoms with Crippen LogP contribution in [0.5, 0.6) is 5.75 Å². The number of carbonyl (C=O) groups is 1. The van der Waals surface area contributed by atoms with Crippen LogP contribution in [-0.4, -0.2) is 20.4 Å². The summed E-state index contributed by atoms with van der Waals surface area (Å²) in [6.07, 6.45) is -0.172. The molecule has 0 unspecified atom stereocenters. The summed E-state index contributed by atoms with van der Waals surface area (Å²) in [5.74, 6) is 0.319. The van der Waals surface area contributed by atoms with Crippen molar-refractivity contribution < 1.29 is 17.9 Å². The van der Waals surface area contributed by atoms with E-state index in [9.17, 15) is 13.2 Å². The second-order valence-electron chi connectivity index (χ2n) is 6.95. The first kappa shape index (κ1) is 22.8. The molecule has 0 fully saturated rings. The second kappa shape index (κ2) is 9.98. The van der Waals surface area contributed by atoms with Crippen molar-refractivity contribution in [3.05, 3.63) is 82.8 Å². The van der Waals surface area contributed by atoms with Crippen LogP contribution in [0.3, 0.4) is 0 Å². The number of sulfonamides is 1. The zero-order valence-corrected chi connectivity index (χ0v) is 19.5. The van der Waals surface area contributed by atoms with E-state index in [1.54, 1.807) is 36.4 Å². The average molecular weight is 503 g/mol. The van der Waals surface area contributed by atoms with E-state index in [0.717, 1.165) is 10.0 Å². The Hall–Kier alpha value is -2.84. The number of rotatable bonds is 8. The second-order valence-corrected chi connectivity index (χ2v) is 9.55. The fourth-order valence-electron chi connectivity index (χ4n) is 2.78. The monoisotopic (exact) mass is 502 g/mol. The van der Waals surface area contributed by atoms with Crippen molar-refractivity contribution in [2.75, 3.05) is 10.0 Å². The highest BCUT2D eigenvalue weighted by atomic mass is 79.9. The third kappa shape index (κ3) is 6.32. The van der Waals surface area contributed by atoms with Crippen LogP contribution in [0, 0.1) is 6.92 Å². The molecule has 0 aliphatic heterocycles. The molecule has 0 saturated heterocycles. The highest BCUT2D eigenvalue weighted by Gasteiger charge is 2.19. The number of benzene rings is 3. The molecule has 0 aliphatic rings. The van der Waals surface area contributed by atoms with Crippen LogP contribution >= 0.6 is 15.9 Å². The Bertz CT molecular complexity index is 1130. The summed E-state index contributed by atoms with van der Waals surface area (Å²) in [5.41, 5.74) is 2.05. The van der Waals surface area contributed by atoms with Gasteiger partial charge in [0.15, 0.2) is 6.10 Å². The van der Waals surface area contributed by atoms with E-state index in [0.29, 0.717) is 23.5 Å². The van der Waals surface area contributed by atoms with Crippen LogP contribution in [0.15, 0.2) is 82.2 Å². The van der Waals surface area contributed by atoms with Crippen LogP contribution in [-0.2, 0) is 14.8 Å². The third-order valence-electron chi connectivity index (χ3n) is 4.49. The predicted molar refractivity (Wildman–Crippen MR) is 126 cm³/mol. The number of carbonyl (C=O) groups excluding carboxylic acids is 1. The molecule has 3 rings (SSSR count). The van der Waals surface area contributed by atoms with Gasteiger partial charge in [-0.3, -0.25) is 9.52 Å². The Balaban J connectivity index is 1.65. The van der Waals surface area contributed by atoms with Gasteiger partial charge in [0.1, 0.15) is 5.75 Å².